The molecule has 1 saturated carbocycles. The molecule has 0 spiro atoms. The van der Waals surface area contributed by atoms with Gasteiger partial charge in [0.15, 0.2) is 6.61 Å². The van der Waals surface area contributed by atoms with E-state index in [0.717, 1.165) is 48.3 Å². The lowest BCUT2D eigenvalue weighted by Crippen LogP contribution is -2.37. The van der Waals surface area contributed by atoms with E-state index in [1.54, 1.807) is 22.9 Å². The van der Waals surface area contributed by atoms with E-state index in [2.05, 4.69) is 10.4 Å². The molecule has 0 radical (unpaired) electrons. The highest BCUT2D eigenvalue weighted by Gasteiger charge is 2.16. The molecule has 6 nitrogen and oxygen atoms in total. The van der Waals surface area contributed by atoms with Gasteiger partial charge in [-0.3, -0.25) is 4.79 Å². The summed E-state index contributed by atoms with van der Waals surface area (Å²) in [6.45, 7) is 3.42. The average Bonchev–Trinajstić information content (AvgIpc) is 2.89. The van der Waals surface area contributed by atoms with Crippen molar-refractivity contribution in [1.29, 1.82) is 0 Å². The van der Waals surface area contributed by atoms with E-state index in [1.165, 1.54) is 31.1 Å². The molecule has 30 heavy (non-hydrogen) atoms. The van der Waals surface area contributed by atoms with Gasteiger partial charge in [0.2, 0.25) is 0 Å². The second-order valence-corrected chi connectivity index (χ2v) is 7.67. The number of esters is 1. The summed E-state index contributed by atoms with van der Waals surface area (Å²) in [4.78, 5) is 24.1. The normalized spacial score (nSPS) is 15.2. The Labute approximate surface area is 176 Å². The van der Waals surface area contributed by atoms with Crippen molar-refractivity contribution >= 4 is 18.0 Å². The van der Waals surface area contributed by atoms with Crippen molar-refractivity contribution in [3.63, 3.8) is 0 Å². The minimum atomic E-state index is -0.584. The molecule has 1 amide bonds. The van der Waals surface area contributed by atoms with Crippen LogP contribution in [-0.2, 0) is 14.3 Å². The van der Waals surface area contributed by atoms with Crippen molar-refractivity contribution in [3.8, 4) is 5.69 Å². The van der Waals surface area contributed by atoms with Gasteiger partial charge in [-0.25, -0.2) is 13.9 Å². The lowest BCUT2D eigenvalue weighted by molar-refractivity contribution is -0.144. The number of hydrogen-bond donors (Lipinski definition) is 1. The predicted molar refractivity (Wildman–Crippen MR) is 113 cm³/mol. The van der Waals surface area contributed by atoms with Crippen LogP contribution in [0.1, 0.15) is 55.5 Å². The predicted octanol–water partition coefficient (Wildman–Crippen LogP) is 4.02. The van der Waals surface area contributed by atoms with Gasteiger partial charge < -0.3 is 10.1 Å². The fourth-order valence-corrected chi connectivity index (χ4v) is 3.76. The zero-order valence-corrected chi connectivity index (χ0v) is 17.5. The molecule has 0 unspecified atom stereocenters. The summed E-state index contributed by atoms with van der Waals surface area (Å²) in [5.74, 6) is -1.16. The molecule has 1 fully saturated rings. The Bertz CT molecular complexity index is 911. The number of nitrogens with zero attached hydrogens (tertiary/aromatic N) is 2. The quantitative estimate of drug-likeness (QED) is 0.441. The number of hydrogen-bond acceptors (Lipinski definition) is 4. The van der Waals surface area contributed by atoms with E-state index in [9.17, 15) is 14.0 Å². The summed E-state index contributed by atoms with van der Waals surface area (Å²) < 4.78 is 19.9. The Morgan fingerprint density at radius 2 is 1.83 bits per heavy atom. The molecular weight excluding hydrogens is 385 g/mol. The number of rotatable bonds is 6. The number of nitrogens with one attached hydrogen (secondary N) is 1. The van der Waals surface area contributed by atoms with Crippen LogP contribution in [0.15, 0.2) is 30.3 Å². The Morgan fingerprint density at radius 3 is 2.50 bits per heavy atom. The summed E-state index contributed by atoms with van der Waals surface area (Å²) >= 11 is 0. The van der Waals surface area contributed by atoms with E-state index in [4.69, 9.17) is 4.74 Å². The van der Waals surface area contributed by atoms with Crippen LogP contribution in [0.5, 0.6) is 0 Å². The first-order valence-corrected chi connectivity index (χ1v) is 10.4. The van der Waals surface area contributed by atoms with Gasteiger partial charge in [-0.2, -0.15) is 5.10 Å². The van der Waals surface area contributed by atoms with Crippen molar-refractivity contribution in [2.45, 2.75) is 58.4 Å². The molecule has 0 atom stereocenters. The van der Waals surface area contributed by atoms with Crippen LogP contribution >= 0.6 is 0 Å². The fourth-order valence-electron chi connectivity index (χ4n) is 3.76. The molecule has 7 heteroatoms. The van der Waals surface area contributed by atoms with E-state index in [0.29, 0.717) is 0 Å². The molecule has 1 aliphatic carbocycles. The number of halogens is 1. The second-order valence-electron chi connectivity index (χ2n) is 7.67. The van der Waals surface area contributed by atoms with E-state index in [1.807, 2.05) is 13.8 Å². The van der Waals surface area contributed by atoms with Crippen LogP contribution in [0, 0.1) is 19.7 Å². The van der Waals surface area contributed by atoms with Crippen LogP contribution in [0.3, 0.4) is 0 Å². The largest absolute Gasteiger partial charge is 0.452 e. The number of aryl methyl sites for hydroxylation is 1. The van der Waals surface area contributed by atoms with Crippen molar-refractivity contribution in [3.05, 3.63) is 53.1 Å². The zero-order chi connectivity index (χ0) is 21.5. The molecule has 1 aromatic carbocycles. The summed E-state index contributed by atoms with van der Waals surface area (Å²) in [6, 6.07) is 6.21. The first-order chi connectivity index (χ1) is 14.4. The molecule has 0 bridgehead atoms. The number of aromatic nitrogens is 2. The third-order valence-electron chi connectivity index (χ3n) is 5.37. The van der Waals surface area contributed by atoms with E-state index < -0.39 is 5.97 Å². The number of amides is 1. The molecular formula is C23H28FN3O3. The van der Waals surface area contributed by atoms with Crippen molar-refractivity contribution in [2.75, 3.05) is 6.61 Å². The Morgan fingerprint density at radius 1 is 1.17 bits per heavy atom. The van der Waals surface area contributed by atoms with Gasteiger partial charge in [-0.15, -0.1) is 0 Å². The van der Waals surface area contributed by atoms with Crippen molar-refractivity contribution < 1.29 is 18.7 Å². The maximum Gasteiger partial charge on any atom is 0.331 e. The Hall–Kier alpha value is -2.96. The Kier molecular flexibility index (Phi) is 7.38. The van der Waals surface area contributed by atoms with Crippen molar-refractivity contribution in [1.82, 2.24) is 15.1 Å². The van der Waals surface area contributed by atoms with Crippen LogP contribution in [0.2, 0.25) is 0 Å². The first-order valence-electron chi connectivity index (χ1n) is 10.4. The molecule has 0 saturated heterocycles. The lowest BCUT2D eigenvalue weighted by Gasteiger charge is -2.15. The standard InChI is InChI=1S/C23H28FN3O3/c1-16-21(17(2)27(26-16)20-11-9-18(24)10-12-20)13-14-23(29)30-15-22(28)25-19-7-5-3-4-6-8-19/h9-14,19H,3-8,15H2,1-2H3,(H,25,28)/b14-13+. The van der Waals surface area contributed by atoms with Crippen LogP contribution in [-0.4, -0.2) is 34.3 Å². The monoisotopic (exact) mass is 413 g/mol. The van der Waals surface area contributed by atoms with Gasteiger partial charge in [0.1, 0.15) is 5.82 Å². The minimum absolute atomic E-state index is 0.178. The third-order valence-corrected chi connectivity index (χ3v) is 5.37. The molecule has 1 N–H and O–H groups in total. The number of carbonyl (C=O) groups is 2. The lowest BCUT2D eigenvalue weighted by atomic mass is 10.1. The fraction of sp³-hybridized carbons (Fsp3) is 0.435. The average molecular weight is 413 g/mol. The minimum Gasteiger partial charge on any atom is -0.452 e. The highest BCUT2D eigenvalue weighted by molar-refractivity contribution is 5.89. The summed E-state index contributed by atoms with van der Waals surface area (Å²) in [7, 11) is 0. The van der Waals surface area contributed by atoms with Gasteiger partial charge in [0, 0.05) is 23.4 Å². The Balaban J connectivity index is 1.55. The summed E-state index contributed by atoms with van der Waals surface area (Å²) in [6.07, 6.45) is 9.56. The highest BCUT2D eigenvalue weighted by atomic mass is 19.1. The van der Waals surface area contributed by atoms with Gasteiger partial charge in [0.05, 0.1) is 11.4 Å². The molecule has 2 aromatic rings. The van der Waals surface area contributed by atoms with Gasteiger partial charge in [-0.05, 0) is 57.0 Å². The smallest absolute Gasteiger partial charge is 0.331 e. The number of benzene rings is 1. The molecule has 3 rings (SSSR count). The second kappa shape index (κ2) is 10.2. The zero-order valence-electron chi connectivity index (χ0n) is 17.5. The van der Waals surface area contributed by atoms with Crippen LogP contribution in [0.4, 0.5) is 4.39 Å². The number of ether oxygens (including phenoxy) is 1. The molecule has 1 heterocycles. The molecule has 1 aliphatic rings. The maximum absolute atomic E-state index is 13.2. The van der Waals surface area contributed by atoms with E-state index in [-0.39, 0.29) is 24.4 Å². The summed E-state index contributed by atoms with van der Waals surface area (Å²) in [5, 5.41) is 7.41. The van der Waals surface area contributed by atoms with Crippen LogP contribution in [0.25, 0.3) is 11.8 Å². The molecule has 160 valence electrons. The summed E-state index contributed by atoms with van der Waals surface area (Å²) in [5.41, 5.74) is 3.05. The molecule has 1 aromatic heterocycles. The topological polar surface area (TPSA) is 73.2 Å². The van der Waals surface area contributed by atoms with Crippen molar-refractivity contribution in [2.24, 2.45) is 0 Å². The maximum atomic E-state index is 13.2. The van der Waals surface area contributed by atoms with E-state index >= 15 is 0 Å². The first kappa shape index (κ1) is 21.7. The molecule has 0 aliphatic heterocycles. The van der Waals surface area contributed by atoms with Gasteiger partial charge in [-0.1, -0.05) is 25.7 Å². The van der Waals surface area contributed by atoms with Crippen LogP contribution < -0.4 is 5.32 Å². The van der Waals surface area contributed by atoms with Gasteiger partial charge in [0.25, 0.3) is 5.91 Å². The SMILES string of the molecule is Cc1nn(-c2ccc(F)cc2)c(C)c1/C=C/C(=O)OCC(=O)NC1CCCCCC1. The number of carbonyl (C=O) groups excluding carboxylic acids is 2. The third kappa shape index (κ3) is 5.78. The van der Waals surface area contributed by atoms with Gasteiger partial charge >= 0.3 is 5.97 Å². The highest BCUT2D eigenvalue weighted by Crippen LogP contribution is 2.20.